The van der Waals surface area contributed by atoms with Crippen molar-refractivity contribution < 1.29 is 18.3 Å². The molecule has 0 saturated heterocycles. The Morgan fingerprint density at radius 1 is 1.13 bits per heavy atom. The molecule has 0 aliphatic heterocycles. The molecule has 0 aliphatic rings. The minimum Gasteiger partial charge on any atom is -0.492 e. The van der Waals surface area contributed by atoms with Crippen LogP contribution in [-0.2, 0) is 21.0 Å². The highest BCUT2D eigenvalue weighted by Crippen LogP contribution is 2.28. The molecule has 0 spiro atoms. The van der Waals surface area contributed by atoms with Gasteiger partial charge in [-0.05, 0) is 36.2 Å². The van der Waals surface area contributed by atoms with E-state index >= 15 is 0 Å². The third-order valence-electron chi connectivity index (χ3n) is 4.82. The quantitative estimate of drug-likeness (QED) is 0.499. The molecule has 1 aromatic heterocycles. The van der Waals surface area contributed by atoms with Crippen LogP contribution in [0.5, 0.6) is 5.88 Å². The Bertz CT molecular complexity index is 1210. The molecule has 1 heterocycles. The van der Waals surface area contributed by atoms with Gasteiger partial charge in [0, 0.05) is 18.0 Å². The van der Waals surface area contributed by atoms with Crippen molar-refractivity contribution in [1.82, 2.24) is 9.55 Å². The molecule has 0 amide bonds. The van der Waals surface area contributed by atoms with E-state index in [2.05, 4.69) is 20.9 Å². The van der Waals surface area contributed by atoms with Crippen LogP contribution in [0.25, 0.3) is 0 Å². The second kappa shape index (κ2) is 9.76. The Labute approximate surface area is 189 Å². The molecule has 0 radical (unpaired) electrons. The number of ether oxygens (including phenoxy) is 1. The molecule has 31 heavy (non-hydrogen) atoms. The first kappa shape index (κ1) is 23.2. The number of aromatic hydroxyl groups is 1. The van der Waals surface area contributed by atoms with Gasteiger partial charge in [-0.3, -0.25) is 9.36 Å². The van der Waals surface area contributed by atoms with E-state index in [4.69, 9.17) is 4.74 Å². The highest BCUT2D eigenvalue weighted by Gasteiger charge is 2.31. The number of sulfone groups is 1. The summed E-state index contributed by atoms with van der Waals surface area (Å²) in [4.78, 5) is 16.9. The summed E-state index contributed by atoms with van der Waals surface area (Å²) in [5.41, 5.74) is -0.0620. The van der Waals surface area contributed by atoms with E-state index in [-0.39, 0.29) is 11.5 Å². The molecule has 0 bridgehead atoms. The molecule has 0 aliphatic carbocycles. The minimum absolute atomic E-state index is 0.109. The van der Waals surface area contributed by atoms with Crippen LogP contribution in [-0.4, -0.2) is 36.8 Å². The van der Waals surface area contributed by atoms with Gasteiger partial charge >= 0.3 is 0 Å². The molecular formula is C22H23BrN2O5S. The van der Waals surface area contributed by atoms with E-state index in [0.29, 0.717) is 23.1 Å². The van der Waals surface area contributed by atoms with Gasteiger partial charge in [0.25, 0.3) is 5.56 Å². The number of hydrogen-bond donors (Lipinski definition) is 1. The van der Waals surface area contributed by atoms with Crippen LogP contribution in [0.1, 0.15) is 30.8 Å². The summed E-state index contributed by atoms with van der Waals surface area (Å²) in [6.45, 7) is 2.04. The van der Waals surface area contributed by atoms with Crippen LogP contribution in [0.3, 0.4) is 0 Å². The molecular weight excluding hydrogens is 484 g/mol. The smallest absolute Gasteiger partial charge is 0.277 e. The lowest BCUT2D eigenvalue weighted by molar-refractivity contribution is 0.165. The van der Waals surface area contributed by atoms with Crippen molar-refractivity contribution in [1.29, 1.82) is 0 Å². The second-order valence-electron chi connectivity index (χ2n) is 6.95. The van der Waals surface area contributed by atoms with Crippen LogP contribution >= 0.6 is 15.9 Å². The largest absolute Gasteiger partial charge is 0.492 e. The van der Waals surface area contributed by atoms with Gasteiger partial charge in [-0.1, -0.05) is 53.2 Å². The summed E-state index contributed by atoms with van der Waals surface area (Å²) in [6.07, 6.45) is 1.04. The molecule has 1 atom stereocenters. The first-order valence-electron chi connectivity index (χ1n) is 9.70. The number of rotatable bonds is 8. The van der Waals surface area contributed by atoms with Gasteiger partial charge in [0.1, 0.15) is 5.82 Å². The molecule has 1 N–H and O–H groups in total. The maximum Gasteiger partial charge on any atom is 0.277 e. The number of aromatic nitrogens is 2. The van der Waals surface area contributed by atoms with Crippen molar-refractivity contribution in [3.63, 3.8) is 0 Å². The number of halogens is 1. The third kappa shape index (κ3) is 4.73. The van der Waals surface area contributed by atoms with Gasteiger partial charge in [-0.25, -0.2) is 8.42 Å². The molecule has 0 saturated carbocycles. The third-order valence-corrected chi connectivity index (χ3v) is 7.13. The highest BCUT2D eigenvalue weighted by molar-refractivity contribution is 9.10. The summed E-state index contributed by atoms with van der Waals surface area (Å²) in [5.74, 6) is -0.498. The Kier molecular flexibility index (Phi) is 7.30. The van der Waals surface area contributed by atoms with E-state index in [1.54, 1.807) is 12.1 Å². The van der Waals surface area contributed by atoms with Crippen molar-refractivity contribution in [2.45, 2.75) is 35.6 Å². The topological polar surface area (TPSA) is 98.5 Å². The second-order valence-corrected chi connectivity index (χ2v) is 9.75. The number of methoxy groups -OCH3 is 1. The van der Waals surface area contributed by atoms with Crippen LogP contribution in [0.4, 0.5) is 0 Å². The Hall–Kier alpha value is -2.49. The molecule has 164 valence electrons. The van der Waals surface area contributed by atoms with Gasteiger partial charge in [0.15, 0.2) is 4.90 Å². The lowest BCUT2D eigenvalue weighted by Crippen LogP contribution is -2.35. The zero-order valence-electron chi connectivity index (χ0n) is 17.2. The van der Waals surface area contributed by atoms with Gasteiger partial charge in [-0.15, -0.1) is 0 Å². The average Bonchev–Trinajstić information content (AvgIpc) is 2.74. The fourth-order valence-corrected chi connectivity index (χ4v) is 5.00. The summed E-state index contributed by atoms with van der Waals surface area (Å²) in [6, 6.07) is 14.4. The van der Waals surface area contributed by atoms with Crippen molar-refractivity contribution in [3.8, 4) is 5.88 Å². The molecule has 3 rings (SSSR count). The summed E-state index contributed by atoms with van der Waals surface area (Å²) in [5, 5.41) is 10.5. The maximum absolute atomic E-state index is 13.6. The lowest BCUT2D eigenvalue weighted by atomic mass is 10.1. The van der Waals surface area contributed by atoms with E-state index in [0.717, 1.165) is 5.56 Å². The first-order chi connectivity index (χ1) is 14.8. The average molecular weight is 507 g/mol. The summed E-state index contributed by atoms with van der Waals surface area (Å²) < 4.78 is 33.9. The minimum atomic E-state index is -4.31. The fraction of sp³-hybridized carbons (Fsp3) is 0.273. The number of hydrogen-bond acceptors (Lipinski definition) is 6. The molecule has 0 fully saturated rings. The van der Waals surface area contributed by atoms with Gasteiger partial charge in [0.05, 0.1) is 17.5 Å². The predicted octanol–water partition coefficient (Wildman–Crippen LogP) is 3.73. The standard InChI is InChI=1S/C22H23BrN2O5S/c1-3-7-19-24-21(26)20(31(28,29)17-12-10-16(23)11-13-17)22(27)25(19)18(14-30-2)15-8-5-4-6-9-15/h4-6,8-13,18,26H,3,7,14H2,1-2H3/t18-/m0/s1. The van der Waals surface area contributed by atoms with Gasteiger partial charge < -0.3 is 9.84 Å². The number of benzene rings is 2. The van der Waals surface area contributed by atoms with E-state index in [1.165, 1.54) is 23.8 Å². The number of aryl methyl sites for hydroxylation is 1. The Morgan fingerprint density at radius 2 is 1.77 bits per heavy atom. The van der Waals surface area contributed by atoms with E-state index in [9.17, 15) is 18.3 Å². The lowest BCUT2D eigenvalue weighted by Gasteiger charge is -2.23. The monoisotopic (exact) mass is 506 g/mol. The van der Waals surface area contributed by atoms with Crippen molar-refractivity contribution >= 4 is 25.8 Å². The van der Waals surface area contributed by atoms with Crippen LogP contribution < -0.4 is 5.56 Å². The van der Waals surface area contributed by atoms with Gasteiger partial charge in [-0.2, -0.15) is 4.98 Å². The highest BCUT2D eigenvalue weighted by atomic mass is 79.9. The molecule has 2 aromatic carbocycles. The van der Waals surface area contributed by atoms with Crippen molar-refractivity contribution in [2.24, 2.45) is 0 Å². The maximum atomic E-state index is 13.6. The molecule has 3 aromatic rings. The molecule has 7 nitrogen and oxygen atoms in total. The summed E-state index contributed by atoms with van der Waals surface area (Å²) in [7, 11) is -2.80. The predicted molar refractivity (Wildman–Crippen MR) is 120 cm³/mol. The normalized spacial score (nSPS) is 12.6. The van der Waals surface area contributed by atoms with Crippen LogP contribution in [0, 0.1) is 0 Å². The zero-order valence-corrected chi connectivity index (χ0v) is 19.6. The molecule has 9 heteroatoms. The Morgan fingerprint density at radius 3 is 2.35 bits per heavy atom. The van der Waals surface area contributed by atoms with E-state index < -0.39 is 32.2 Å². The van der Waals surface area contributed by atoms with Crippen LogP contribution in [0.15, 0.2) is 73.7 Å². The molecule has 0 unspecified atom stereocenters. The summed E-state index contributed by atoms with van der Waals surface area (Å²) >= 11 is 3.26. The van der Waals surface area contributed by atoms with E-state index in [1.807, 2.05) is 37.3 Å². The Balaban J connectivity index is 2.31. The van der Waals surface area contributed by atoms with Crippen LogP contribution in [0.2, 0.25) is 0 Å². The fourth-order valence-electron chi connectivity index (χ4n) is 3.39. The SMILES string of the molecule is CCCc1nc(O)c(S(=O)(=O)c2ccc(Br)cc2)c(=O)n1[C@@H](COC)c1ccccc1. The van der Waals surface area contributed by atoms with Crippen molar-refractivity contribution in [2.75, 3.05) is 13.7 Å². The number of nitrogens with zero attached hydrogens (tertiary/aromatic N) is 2. The van der Waals surface area contributed by atoms with Crippen molar-refractivity contribution in [3.05, 3.63) is 80.8 Å². The first-order valence-corrected chi connectivity index (χ1v) is 12.0. The van der Waals surface area contributed by atoms with Gasteiger partial charge in [0.2, 0.25) is 15.7 Å². The zero-order chi connectivity index (χ0) is 22.6.